The number of benzene rings is 2. The summed E-state index contributed by atoms with van der Waals surface area (Å²) in [4.78, 5) is 41.4. The molecule has 0 bridgehead atoms. The van der Waals surface area contributed by atoms with E-state index in [2.05, 4.69) is 16.0 Å². The number of nitrogens with zero attached hydrogens (tertiary/aromatic N) is 4. The highest BCUT2D eigenvalue weighted by Gasteiger charge is 2.40. The number of rotatable bonds is 14. The minimum atomic E-state index is -0.930. The first-order valence-electron chi connectivity index (χ1n) is 13.2. The van der Waals surface area contributed by atoms with Crippen LogP contribution in [0.2, 0.25) is 0 Å². The third-order valence-electron chi connectivity index (χ3n) is 6.41. The van der Waals surface area contributed by atoms with Crippen LogP contribution >= 0.6 is 11.8 Å². The van der Waals surface area contributed by atoms with Crippen LogP contribution in [0.3, 0.4) is 0 Å². The Morgan fingerprint density at radius 3 is 2.58 bits per heavy atom. The van der Waals surface area contributed by atoms with Gasteiger partial charge in [0.1, 0.15) is 12.5 Å². The van der Waals surface area contributed by atoms with Crippen LogP contribution in [0, 0.1) is 28.6 Å². The van der Waals surface area contributed by atoms with Crippen LogP contribution in [0.15, 0.2) is 54.6 Å². The lowest BCUT2D eigenvalue weighted by Crippen LogP contribution is -2.38. The molecule has 1 aliphatic heterocycles. The quantitative estimate of drug-likeness (QED) is 0.299. The summed E-state index contributed by atoms with van der Waals surface area (Å²) in [5.41, 5.74) is 2.65. The summed E-state index contributed by atoms with van der Waals surface area (Å²) in [6.07, 6.45) is 0.777. The fourth-order valence-electron chi connectivity index (χ4n) is 4.50. The van der Waals surface area contributed by atoms with E-state index in [0.29, 0.717) is 31.7 Å². The van der Waals surface area contributed by atoms with Crippen molar-refractivity contribution in [3.8, 4) is 12.1 Å². The number of likely N-dealkylation sites (N-methyl/N-ethyl adjacent to an activating group) is 1. The first kappa shape index (κ1) is 30.5. The van der Waals surface area contributed by atoms with E-state index in [1.165, 1.54) is 11.8 Å². The van der Waals surface area contributed by atoms with Crippen molar-refractivity contribution in [2.75, 3.05) is 43.9 Å². The van der Waals surface area contributed by atoms with E-state index in [-0.39, 0.29) is 41.9 Å². The number of hydrogen-bond donors (Lipinski definition) is 3. The molecule has 0 aromatic heterocycles. The Kier molecular flexibility index (Phi) is 11.8. The SMILES string of the molecule is CCN1C(=O)C(CCNc2cccc(NC(=O)CN(C)Cc3ccccc3)c2)SC1CC(C#N)C(=O)NCC#N. The van der Waals surface area contributed by atoms with Gasteiger partial charge in [-0.05, 0) is 44.2 Å². The van der Waals surface area contributed by atoms with E-state index < -0.39 is 11.8 Å². The average molecular weight is 562 g/mol. The maximum atomic E-state index is 13.0. The van der Waals surface area contributed by atoms with Crippen molar-refractivity contribution in [1.82, 2.24) is 15.1 Å². The van der Waals surface area contributed by atoms with Crippen molar-refractivity contribution in [2.45, 2.75) is 36.9 Å². The van der Waals surface area contributed by atoms with Gasteiger partial charge in [0.05, 0.1) is 29.3 Å². The maximum absolute atomic E-state index is 13.0. The number of amides is 3. The fraction of sp³-hybridized carbons (Fsp3) is 0.414. The normalized spacial score (nSPS) is 17.1. The van der Waals surface area contributed by atoms with Crippen molar-refractivity contribution >= 4 is 40.9 Å². The molecule has 0 spiro atoms. The molecule has 3 amide bonds. The van der Waals surface area contributed by atoms with E-state index >= 15 is 0 Å². The Balaban J connectivity index is 1.48. The van der Waals surface area contributed by atoms with Gasteiger partial charge in [0.25, 0.3) is 0 Å². The van der Waals surface area contributed by atoms with Gasteiger partial charge in [-0.1, -0.05) is 36.4 Å². The van der Waals surface area contributed by atoms with Gasteiger partial charge in [-0.15, -0.1) is 11.8 Å². The van der Waals surface area contributed by atoms with Crippen LogP contribution in [0.5, 0.6) is 0 Å². The first-order chi connectivity index (χ1) is 19.3. The molecule has 210 valence electrons. The summed E-state index contributed by atoms with van der Waals surface area (Å²) in [5.74, 6) is -1.53. The van der Waals surface area contributed by atoms with Gasteiger partial charge in [-0.2, -0.15) is 10.5 Å². The van der Waals surface area contributed by atoms with Crippen molar-refractivity contribution in [1.29, 1.82) is 10.5 Å². The third kappa shape index (κ3) is 9.01. The summed E-state index contributed by atoms with van der Waals surface area (Å²) in [6.45, 7) is 3.68. The Bertz CT molecular complexity index is 1240. The Morgan fingerprint density at radius 1 is 1.12 bits per heavy atom. The van der Waals surface area contributed by atoms with E-state index in [1.54, 1.807) is 4.90 Å². The van der Waals surface area contributed by atoms with E-state index in [0.717, 1.165) is 11.3 Å². The molecule has 11 heteroatoms. The standard InChI is InChI=1S/C29H35N7O3S/c1-3-36-27(16-22(18-31)28(38)33-15-13-30)40-25(29(36)39)12-14-32-23-10-7-11-24(17-23)34-26(37)20-35(2)19-21-8-5-4-6-9-21/h4-11,17,22,25,27,32H,3,12,14-16,19-20H2,1-2H3,(H,33,38)(H,34,37). The van der Waals surface area contributed by atoms with Crippen LogP contribution < -0.4 is 16.0 Å². The summed E-state index contributed by atoms with van der Waals surface area (Å²) in [6, 6.07) is 21.3. The van der Waals surface area contributed by atoms with Crippen molar-refractivity contribution in [3.63, 3.8) is 0 Å². The first-order valence-corrected chi connectivity index (χ1v) is 14.1. The van der Waals surface area contributed by atoms with Crippen LogP contribution in [0.4, 0.5) is 11.4 Å². The molecule has 3 N–H and O–H groups in total. The second-order valence-electron chi connectivity index (χ2n) is 9.50. The van der Waals surface area contributed by atoms with E-state index in [1.807, 2.05) is 85.6 Å². The maximum Gasteiger partial charge on any atom is 0.238 e. The number of carbonyl (C=O) groups is 3. The van der Waals surface area contributed by atoms with Gasteiger partial charge in [0, 0.05) is 37.4 Å². The van der Waals surface area contributed by atoms with Gasteiger partial charge >= 0.3 is 0 Å². The summed E-state index contributed by atoms with van der Waals surface area (Å²) >= 11 is 1.47. The van der Waals surface area contributed by atoms with Crippen molar-refractivity contribution in [3.05, 3.63) is 60.2 Å². The molecule has 0 aliphatic carbocycles. The topological polar surface area (TPSA) is 141 Å². The number of carbonyl (C=O) groups excluding carboxylic acids is 3. The zero-order valence-corrected chi connectivity index (χ0v) is 23.6. The lowest BCUT2D eigenvalue weighted by molar-refractivity contribution is -0.131. The molecule has 10 nitrogen and oxygen atoms in total. The van der Waals surface area contributed by atoms with E-state index in [4.69, 9.17) is 5.26 Å². The predicted octanol–water partition coefficient (Wildman–Crippen LogP) is 3.02. The Morgan fingerprint density at radius 2 is 1.88 bits per heavy atom. The van der Waals surface area contributed by atoms with Crippen LogP contribution in [0.25, 0.3) is 0 Å². The van der Waals surface area contributed by atoms with Gasteiger partial charge in [-0.25, -0.2) is 0 Å². The van der Waals surface area contributed by atoms with Crippen LogP contribution in [-0.4, -0.2) is 71.4 Å². The molecule has 1 aliphatic rings. The van der Waals surface area contributed by atoms with Gasteiger partial charge < -0.3 is 20.9 Å². The lowest BCUT2D eigenvalue weighted by Gasteiger charge is -2.23. The molecule has 0 saturated carbocycles. The van der Waals surface area contributed by atoms with Crippen molar-refractivity contribution < 1.29 is 14.4 Å². The van der Waals surface area contributed by atoms with Gasteiger partial charge in [0.15, 0.2) is 0 Å². The Hall–Kier alpha value is -4.06. The smallest absolute Gasteiger partial charge is 0.238 e. The highest BCUT2D eigenvalue weighted by molar-refractivity contribution is 8.01. The predicted molar refractivity (Wildman–Crippen MR) is 156 cm³/mol. The van der Waals surface area contributed by atoms with Crippen LogP contribution in [0.1, 0.15) is 25.3 Å². The molecule has 1 fully saturated rings. The molecular weight excluding hydrogens is 526 g/mol. The minimum Gasteiger partial charge on any atom is -0.385 e. The lowest BCUT2D eigenvalue weighted by atomic mass is 10.1. The van der Waals surface area contributed by atoms with Gasteiger partial charge in [0.2, 0.25) is 17.7 Å². The molecule has 2 aromatic carbocycles. The number of hydrogen-bond acceptors (Lipinski definition) is 8. The molecule has 40 heavy (non-hydrogen) atoms. The largest absolute Gasteiger partial charge is 0.385 e. The zero-order chi connectivity index (χ0) is 28.9. The molecule has 3 atom stereocenters. The molecule has 0 radical (unpaired) electrons. The highest BCUT2D eigenvalue weighted by atomic mass is 32.2. The fourth-order valence-corrected chi connectivity index (χ4v) is 6.09. The molecule has 3 rings (SSSR count). The third-order valence-corrected chi connectivity index (χ3v) is 7.94. The molecule has 3 unspecified atom stereocenters. The minimum absolute atomic E-state index is 0.00550. The second-order valence-corrected chi connectivity index (χ2v) is 10.9. The summed E-state index contributed by atoms with van der Waals surface area (Å²) in [7, 11) is 1.90. The van der Waals surface area contributed by atoms with Crippen LogP contribution in [-0.2, 0) is 20.9 Å². The number of nitriles is 2. The number of thioether (sulfide) groups is 1. The number of nitrogens with one attached hydrogen (secondary N) is 3. The number of anilines is 2. The average Bonchev–Trinajstić information content (AvgIpc) is 3.24. The zero-order valence-electron chi connectivity index (χ0n) is 22.8. The summed E-state index contributed by atoms with van der Waals surface area (Å²) < 4.78 is 0. The Labute approximate surface area is 239 Å². The summed E-state index contributed by atoms with van der Waals surface area (Å²) in [5, 5.41) is 26.2. The second kappa shape index (κ2) is 15.5. The molecule has 1 heterocycles. The molecular formula is C29H35N7O3S. The monoisotopic (exact) mass is 561 g/mol. The molecule has 1 saturated heterocycles. The van der Waals surface area contributed by atoms with Crippen molar-refractivity contribution in [2.24, 2.45) is 5.92 Å². The van der Waals surface area contributed by atoms with E-state index in [9.17, 15) is 19.6 Å². The highest BCUT2D eigenvalue weighted by Crippen LogP contribution is 2.37. The molecule has 2 aromatic rings. The van der Waals surface area contributed by atoms with Gasteiger partial charge in [-0.3, -0.25) is 19.3 Å².